The van der Waals surface area contributed by atoms with E-state index in [-0.39, 0.29) is 18.8 Å². The first-order chi connectivity index (χ1) is 8.31. The highest BCUT2D eigenvalue weighted by molar-refractivity contribution is 5.60. The van der Waals surface area contributed by atoms with E-state index in [0.717, 1.165) is 0 Å². The monoisotopic (exact) mass is 256 g/mol. The van der Waals surface area contributed by atoms with Crippen molar-refractivity contribution in [2.24, 2.45) is 0 Å². The van der Waals surface area contributed by atoms with Gasteiger partial charge in [0.2, 0.25) is 0 Å². The van der Waals surface area contributed by atoms with Gasteiger partial charge in [0.1, 0.15) is 24.4 Å². The Kier molecular flexibility index (Phi) is 5.00. The predicted molar refractivity (Wildman–Crippen MR) is 64.9 cm³/mol. The average molecular weight is 256 g/mol. The molecule has 1 aliphatic rings. The molecule has 1 heterocycles. The molecule has 0 amide bonds. The van der Waals surface area contributed by atoms with Crippen molar-refractivity contribution in [3.8, 4) is 12.3 Å². The Hall–Kier alpha value is -1.25. The van der Waals surface area contributed by atoms with Crippen LogP contribution in [0.2, 0.25) is 0 Å². The first-order valence-corrected chi connectivity index (χ1v) is 5.97. The number of terminal acetylenes is 1. The number of ether oxygens (including phenoxy) is 3. The largest absolute Gasteiger partial charge is 0.508 e. The van der Waals surface area contributed by atoms with Crippen LogP contribution in [0.15, 0.2) is 0 Å². The number of hydrogen-bond acceptors (Lipinski definition) is 5. The SMILES string of the molecule is C#C[C@H]1CC[C@@H]([C@H](O)COC(=O)OC(C)(C)C)O1. The normalized spacial score (nSPS) is 25.3. The summed E-state index contributed by atoms with van der Waals surface area (Å²) in [4.78, 5) is 11.3. The van der Waals surface area contributed by atoms with Crippen LogP contribution in [-0.4, -0.2) is 41.8 Å². The maximum absolute atomic E-state index is 11.3. The molecule has 0 saturated carbocycles. The van der Waals surface area contributed by atoms with Gasteiger partial charge in [0.25, 0.3) is 0 Å². The van der Waals surface area contributed by atoms with Crippen molar-refractivity contribution in [3.63, 3.8) is 0 Å². The Labute approximate surface area is 107 Å². The molecular formula is C13H20O5. The van der Waals surface area contributed by atoms with Crippen LogP contribution in [0.25, 0.3) is 0 Å². The summed E-state index contributed by atoms with van der Waals surface area (Å²) in [5.74, 6) is 2.48. The van der Waals surface area contributed by atoms with Crippen LogP contribution >= 0.6 is 0 Å². The highest BCUT2D eigenvalue weighted by Gasteiger charge is 2.30. The number of aliphatic hydroxyl groups excluding tert-OH is 1. The molecule has 102 valence electrons. The second-order valence-corrected chi connectivity index (χ2v) is 5.25. The van der Waals surface area contributed by atoms with Gasteiger partial charge >= 0.3 is 6.16 Å². The second kappa shape index (κ2) is 6.07. The van der Waals surface area contributed by atoms with E-state index in [2.05, 4.69) is 5.92 Å². The smallest absolute Gasteiger partial charge is 0.431 e. The summed E-state index contributed by atoms with van der Waals surface area (Å²) in [6, 6.07) is 0. The molecule has 0 aromatic rings. The fourth-order valence-electron chi connectivity index (χ4n) is 1.61. The number of carbonyl (C=O) groups is 1. The van der Waals surface area contributed by atoms with Gasteiger partial charge in [-0.15, -0.1) is 6.42 Å². The standard InChI is InChI=1S/C13H20O5/c1-5-9-6-7-11(17-9)10(14)8-16-12(15)18-13(2,3)4/h1,9-11,14H,6-8H2,2-4H3/t9-,10+,11-/m0/s1. The molecule has 1 N–H and O–H groups in total. The van der Waals surface area contributed by atoms with Gasteiger partial charge in [-0.2, -0.15) is 0 Å². The Morgan fingerprint density at radius 2 is 2.22 bits per heavy atom. The fraction of sp³-hybridized carbons (Fsp3) is 0.769. The number of hydrogen-bond donors (Lipinski definition) is 1. The van der Waals surface area contributed by atoms with E-state index in [9.17, 15) is 9.90 Å². The van der Waals surface area contributed by atoms with Crippen LogP contribution in [0.5, 0.6) is 0 Å². The van der Waals surface area contributed by atoms with Crippen molar-refractivity contribution in [3.05, 3.63) is 0 Å². The number of rotatable bonds is 3. The molecule has 0 aliphatic carbocycles. The van der Waals surface area contributed by atoms with Crippen molar-refractivity contribution >= 4 is 6.16 Å². The van der Waals surface area contributed by atoms with Gasteiger partial charge in [0, 0.05) is 0 Å². The summed E-state index contributed by atoms with van der Waals surface area (Å²) in [5, 5.41) is 9.78. The third-order valence-electron chi connectivity index (χ3n) is 2.43. The molecule has 0 spiro atoms. The lowest BCUT2D eigenvalue weighted by atomic mass is 10.1. The summed E-state index contributed by atoms with van der Waals surface area (Å²) in [6.45, 7) is 5.06. The van der Waals surface area contributed by atoms with Crippen LogP contribution in [0, 0.1) is 12.3 Å². The molecular weight excluding hydrogens is 236 g/mol. The van der Waals surface area contributed by atoms with E-state index in [1.807, 2.05) is 0 Å². The lowest BCUT2D eigenvalue weighted by Gasteiger charge is -2.21. The third-order valence-corrected chi connectivity index (χ3v) is 2.43. The molecule has 5 heteroatoms. The average Bonchev–Trinajstić information content (AvgIpc) is 2.72. The summed E-state index contributed by atoms with van der Waals surface area (Å²) < 4.78 is 15.2. The molecule has 1 aliphatic heterocycles. The predicted octanol–water partition coefficient (Wildman–Crippen LogP) is 1.48. The fourth-order valence-corrected chi connectivity index (χ4v) is 1.61. The van der Waals surface area contributed by atoms with Gasteiger partial charge in [0.05, 0.1) is 6.10 Å². The highest BCUT2D eigenvalue weighted by Crippen LogP contribution is 2.22. The molecule has 5 nitrogen and oxygen atoms in total. The molecule has 0 aromatic heterocycles. The minimum absolute atomic E-state index is 0.156. The maximum Gasteiger partial charge on any atom is 0.508 e. The second-order valence-electron chi connectivity index (χ2n) is 5.25. The Balaban J connectivity index is 2.27. The quantitative estimate of drug-likeness (QED) is 0.612. The molecule has 18 heavy (non-hydrogen) atoms. The minimum Gasteiger partial charge on any atom is -0.431 e. The van der Waals surface area contributed by atoms with Gasteiger partial charge in [-0.1, -0.05) is 5.92 Å². The van der Waals surface area contributed by atoms with Crippen LogP contribution in [0.4, 0.5) is 4.79 Å². The zero-order chi connectivity index (χ0) is 13.8. The number of aliphatic hydroxyl groups is 1. The van der Waals surface area contributed by atoms with Crippen LogP contribution in [-0.2, 0) is 14.2 Å². The van der Waals surface area contributed by atoms with Crippen molar-refractivity contribution < 1.29 is 24.1 Å². The van der Waals surface area contributed by atoms with Gasteiger partial charge in [-0.3, -0.25) is 0 Å². The molecule has 1 fully saturated rings. The lowest BCUT2D eigenvalue weighted by molar-refractivity contribution is -0.0649. The summed E-state index contributed by atoms with van der Waals surface area (Å²) in [5.41, 5.74) is -0.611. The Morgan fingerprint density at radius 1 is 1.56 bits per heavy atom. The van der Waals surface area contributed by atoms with Gasteiger partial charge in [-0.25, -0.2) is 4.79 Å². The molecule has 0 radical (unpaired) electrons. The minimum atomic E-state index is -0.879. The molecule has 3 atom stereocenters. The number of carbonyl (C=O) groups excluding carboxylic acids is 1. The highest BCUT2D eigenvalue weighted by atomic mass is 16.7. The van der Waals surface area contributed by atoms with E-state index in [0.29, 0.717) is 12.8 Å². The van der Waals surface area contributed by atoms with E-state index in [1.54, 1.807) is 20.8 Å². The Bertz CT molecular complexity index is 325. The van der Waals surface area contributed by atoms with Gasteiger partial charge < -0.3 is 19.3 Å². The third kappa shape index (κ3) is 4.94. The lowest BCUT2D eigenvalue weighted by Crippen LogP contribution is -2.33. The first-order valence-electron chi connectivity index (χ1n) is 5.97. The molecule has 0 aromatic carbocycles. The maximum atomic E-state index is 11.3. The van der Waals surface area contributed by atoms with Crippen molar-refractivity contribution in [2.75, 3.05) is 6.61 Å². The molecule has 1 rings (SSSR count). The summed E-state index contributed by atoms with van der Waals surface area (Å²) in [7, 11) is 0. The summed E-state index contributed by atoms with van der Waals surface area (Å²) >= 11 is 0. The molecule has 1 saturated heterocycles. The van der Waals surface area contributed by atoms with Crippen LogP contribution in [0.1, 0.15) is 33.6 Å². The van der Waals surface area contributed by atoms with Crippen molar-refractivity contribution in [1.82, 2.24) is 0 Å². The zero-order valence-corrected chi connectivity index (χ0v) is 11.0. The van der Waals surface area contributed by atoms with Crippen molar-refractivity contribution in [1.29, 1.82) is 0 Å². The summed E-state index contributed by atoms with van der Waals surface area (Å²) in [6.07, 6.45) is 4.28. The van der Waals surface area contributed by atoms with E-state index >= 15 is 0 Å². The Morgan fingerprint density at radius 3 is 2.72 bits per heavy atom. The van der Waals surface area contributed by atoms with E-state index < -0.39 is 17.9 Å². The molecule has 0 bridgehead atoms. The van der Waals surface area contributed by atoms with E-state index in [1.165, 1.54) is 0 Å². The van der Waals surface area contributed by atoms with Crippen LogP contribution < -0.4 is 0 Å². The van der Waals surface area contributed by atoms with Gasteiger partial charge in [0.15, 0.2) is 0 Å². The first kappa shape index (κ1) is 14.8. The zero-order valence-electron chi connectivity index (χ0n) is 11.0. The van der Waals surface area contributed by atoms with E-state index in [4.69, 9.17) is 20.6 Å². The van der Waals surface area contributed by atoms with Gasteiger partial charge in [-0.05, 0) is 33.6 Å². The van der Waals surface area contributed by atoms with Crippen molar-refractivity contribution in [2.45, 2.75) is 57.5 Å². The topological polar surface area (TPSA) is 65.0 Å². The molecule has 0 unspecified atom stereocenters. The van der Waals surface area contributed by atoms with Crippen LogP contribution in [0.3, 0.4) is 0 Å².